The standard InChI is InChI=1S/C12H22N2O2/c1-9-5-8-16-11(9)12(15)14-6-3-10(13-2)4-7-14/h9-11,13H,3-8H2,1-2H3. The molecule has 2 aliphatic rings. The molecule has 1 N–H and O–H groups in total. The highest BCUT2D eigenvalue weighted by Gasteiger charge is 2.35. The Labute approximate surface area is 97.3 Å². The first-order chi connectivity index (χ1) is 7.72. The van der Waals surface area contributed by atoms with Crippen LogP contribution in [0.1, 0.15) is 26.2 Å². The van der Waals surface area contributed by atoms with Crippen LogP contribution in [-0.4, -0.2) is 49.7 Å². The zero-order valence-electron chi connectivity index (χ0n) is 10.2. The van der Waals surface area contributed by atoms with Gasteiger partial charge in [-0.3, -0.25) is 4.79 Å². The predicted molar refractivity (Wildman–Crippen MR) is 62.2 cm³/mol. The van der Waals surface area contributed by atoms with Crippen LogP contribution in [0.3, 0.4) is 0 Å². The molecule has 2 atom stereocenters. The average molecular weight is 226 g/mol. The minimum atomic E-state index is -0.175. The number of hydrogen-bond acceptors (Lipinski definition) is 3. The third-order valence-electron chi connectivity index (χ3n) is 3.85. The molecule has 0 radical (unpaired) electrons. The highest BCUT2D eigenvalue weighted by atomic mass is 16.5. The second-order valence-electron chi connectivity index (χ2n) is 4.95. The maximum absolute atomic E-state index is 12.2. The molecule has 0 bridgehead atoms. The third kappa shape index (κ3) is 2.38. The van der Waals surface area contributed by atoms with Gasteiger partial charge in [-0.2, -0.15) is 0 Å². The Bertz CT molecular complexity index is 249. The molecule has 16 heavy (non-hydrogen) atoms. The van der Waals surface area contributed by atoms with E-state index in [1.807, 2.05) is 11.9 Å². The number of rotatable bonds is 2. The second-order valence-corrected chi connectivity index (χ2v) is 4.95. The van der Waals surface area contributed by atoms with Crippen LogP contribution >= 0.6 is 0 Å². The van der Waals surface area contributed by atoms with Crippen molar-refractivity contribution in [3.05, 3.63) is 0 Å². The lowest BCUT2D eigenvalue weighted by Crippen LogP contribution is -2.48. The van der Waals surface area contributed by atoms with Crippen LogP contribution in [0.4, 0.5) is 0 Å². The number of nitrogens with one attached hydrogen (secondary N) is 1. The molecule has 2 aliphatic heterocycles. The second kappa shape index (κ2) is 5.15. The van der Waals surface area contributed by atoms with Gasteiger partial charge in [0.1, 0.15) is 6.10 Å². The molecule has 0 spiro atoms. The van der Waals surface area contributed by atoms with Gasteiger partial charge in [-0.15, -0.1) is 0 Å². The Kier molecular flexibility index (Phi) is 3.82. The molecule has 0 aromatic rings. The third-order valence-corrected chi connectivity index (χ3v) is 3.85. The van der Waals surface area contributed by atoms with E-state index in [9.17, 15) is 4.79 Å². The van der Waals surface area contributed by atoms with Gasteiger partial charge in [0.2, 0.25) is 0 Å². The van der Waals surface area contributed by atoms with E-state index in [2.05, 4.69) is 12.2 Å². The van der Waals surface area contributed by atoms with Gasteiger partial charge in [-0.25, -0.2) is 0 Å². The van der Waals surface area contributed by atoms with Crippen molar-refractivity contribution in [1.29, 1.82) is 0 Å². The Balaban J connectivity index is 1.86. The summed E-state index contributed by atoms with van der Waals surface area (Å²) in [4.78, 5) is 14.2. The zero-order valence-corrected chi connectivity index (χ0v) is 10.2. The summed E-state index contributed by atoms with van der Waals surface area (Å²) >= 11 is 0. The van der Waals surface area contributed by atoms with E-state index in [-0.39, 0.29) is 12.0 Å². The highest BCUT2D eigenvalue weighted by Crippen LogP contribution is 2.23. The Morgan fingerprint density at radius 3 is 2.50 bits per heavy atom. The summed E-state index contributed by atoms with van der Waals surface area (Å²) in [5, 5.41) is 3.27. The number of ether oxygens (including phenoxy) is 1. The van der Waals surface area contributed by atoms with Gasteiger partial charge < -0.3 is 15.0 Å². The molecule has 2 unspecified atom stereocenters. The topological polar surface area (TPSA) is 41.6 Å². The molecule has 0 aromatic heterocycles. The molecule has 1 amide bonds. The van der Waals surface area contributed by atoms with E-state index >= 15 is 0 Å². The van der Waals surface area contributed by atoms with Gasteiger partial charge in [-0.05, 0) is 32.2 Å². The molecular weight excluding hydrogens is 204 g/mol. The normalized spacial score (nSPS) is 32.0. The van der Waals surface area contributed by atoms with Crippen LogP contribution in [0.15, 0.2) is 0 Å². The van der Waals surface area contributed by atoms with Crippen LogP contribution in [-0.2, 0) is 9.53 Å². The van der Waals surface area contributed by atoms with Gasteiger partial charge in [0.25, 0.3) is 5.91 Å². The van der Waals surface area contributed by atoms with Crippen molar-refractivity contribution in [2.24, 2.45) is 5.92 Å². The quantitative estimate of drug-likeness (QED) is 0.750. The van der Waals surface area contributed by atoms with Gasteiger partial charge in [0, 0.05) is 25.7 Å². The molecule has 2 fully saturated rings. The molecule has 4 nitrogen and oxygen atoms in total. The van der Waals surface area contributed by atoms with Gasteiger partial charge in [0.05, 0.1) is 0 Å². The van der Waals surface area contributed by atoms with Crippen molar-refractivity contribution in [2.75, 3.05) is 26.7 Å². The molecule has 4 heteroatoms. The lowest BCUT2D eigenvalue weighted by molar-refractivity contribution is -0.143. The first-order valence-electron chi connectivity index (χ1n) is 6.30. The number of likely N-dealkylation sites (tertiary alicyclic amines) is 1. The summed E-state index contributed by atoms with van der Waals surface area (Å²) in [5.41, 5.74) is 0. The largest absolute Gasteiger partial charge is 0.368 e. The van der Waals surface area contributed by atoms with Crippen molar-refractivity contribution >= 4 is 5.91 Å². The number of hydrogen-bond donors (Lipinski definition) is 1. The van der Waals surface area contributed by atoms with Crippen LogP contribution in [0.2, 0.25) is 0 Å². The molecule has 0 aromatic carbocycles. The minimum Gasteiger partial charge on any atom is -0.368 e. The van der Waals surface area contributed by atoms with Crippen LogP contribution in [0.25, 0.3) is 0 Å². The molecular formula is C12H22N2O2. The summed E-state index contributed by atoms with van der Waals surface area (Å²) in [6.07, 6.45) is 2.96. The molecule has 0 saturated carbocycles. The minimum absolute atomic E-state index is 0.175. The average Bonchev–Trinajstić information content (AvgIpc) is 2.75. The Morgan fingerprint density at radius 1 is 1.31 bits per heavy atom. The first kappa shape index (κ1) is 11.9. The van der Waals surface area contributed by atoms with E-state index in [4.69, 9.17) is 4.74 Å². The monoisotopic (exact) mass is 226 g/mol. The molecule has 0 aliphatic carbocycles. The molecule has 92 valence electrons. The molecule has 2 saturated heterocycles. The molecule has 2 rings (SSSR count). The van der Waals surface area contributed by atoms with Gasteiger partial charge in [-0.1, -0.05) is 6.92 Å². The number of carbonyl (C=O) groups is 1. The number of piperidine rings is 1. The maximum atomic E-state index is 12.2. The van der Waals surface area contributed by atoms with Crippen LogP contribution < -0.4 is 5.32 Å². The Morgan fingerprint density at radius 2 is 2.00 bits per heavy atom. The van der Waals surface area contributed by atoms with Crippen LogP contribution in [0, 0.1) is 5.92 Å². The van der Waals surface area contributed by atoms with Crippen molar-refractivity contribution < 1.29 is 9.53 Å². The van der Waals surface area contributed by atoms with E-state index in [0.29, 0.717) is 12.0 Å². The SMILES string of the molecule is CNC1CCN(C(=O)C2OCCC2C)CC1. The summed E-state index contributed by atoms with van der Waals surface area (Å²) in [5.74, 6) is 0.592. The summed E-state index contributed by atoms with van der Waals surface area (Å²) in [7, 11) is 1.99. The fourth-order valence-corrected chi connectivity index (χ4v) is 2.58. The lowest BCUT2D eigenvalue weighted by atomic mass is 10.0. The summed E-state index contributed by atoms with van der Waals surface area (Å²) < 4.78 is 5.53. The van der Waals surface area contributed by atoms with Crippen LogP contribution in [0.5, 0.6) is 0 Å². The first-order valence-corrected chi connectivity index (χ1v) is 6.30. The van der Waals surface area contributed by atoms with E-state index < -0.39 is 0 Å². The summed E-state index contributed by atoms with van der Waals surface area (Å²) in [6, 6.07) is 0.575. The zero-order chi connectivity index (χ0) is 11.5. The van der Waals surface area contributed by atoms with E-state index in [0.717, 1.165) is 39.0 Å². The van der Waals surface area contributed by atoms with E-state index in [1.165, 1.54) is 0 Å². The van der Waals surface area contributed by atoms with Crippen molar-refractivity contribution in [2.45, 2.75) is 38.3 Å². The van der Waals surface area contributed by atoms with Crippen molar-refractivity contribution in [3.8, 4) is 0 Å². The Hall–Kier alpha value is -0.610. The predicted octanol–water partition coefficient (Wildman–Crippen LogP) is 0.622. The number of nitrogens with zero attached hydrogens (tertiary/aromatic N) is 1. The smallest absolute Gasteiger partial charge is 0.251 e. The number of carbonyl (C=O) groups excluding carboxylic acids is 1. The van der Waals surface area contributed by atoms with Crippen molar-refractivity contribution in [3.63, 3.8) is 0 Å². The fourth-order valence-electron chi connectivity index (χ4n) is 2.58. The van der Waals surface area contributed by atoms with Gasteiger partial charge >= 0.3 is 0 Å². The maximum Gasteiger partial charge on any atom is 0.251 e. The molecule has 2 heterocycles. The van der Waals surface area contributed by atoms with Crippen molar-refractivity contribution in [1.82, 2.24) is 10.2 Å². The van der Waals surface area contributed by atoms with Gasteiger partial charge in [0.15, 0.2) is 0 Å². The highest BCUT2D eigenvalue weighted by molar-refractivity contribution is 5.81. The number of amides is 1. The lowest BCUT2D eigenvalue weighted by Gasteiger charge is -2.33. The fraction of sp³-hybridized carbons (Fsp3) is 0.917. The summed E-state index contributed by atoms with van der Waals surface area (Å²) in [6.45, 7) is 4.59. The van der Waals surface area contributed by atoms with E-state index in [1.54, 1.807) is 0 Å².